The fourth-order valence-electron chi connectivity index (χ4n) is 2.33. The minimum Gasteiger partial charge on any atom is -0.478 e. The molecule has 0 aliphatic rings. The Morgan fingerprint density at radius 2 is 1.55 bits per heavy atom. The molecule has 3 heteroatoms. The van der Waals surface area contributed by atoms with Gasteiger partial charge in [-0.05, 0) is 60.7 Å². The minimum atomic E-state index is -0.924. The van der Waals surface area contributed by atoms with Crippen LogP contribution in [0.4, 0.5) is 0 Å². The number of hydrogen-bond acceptors (Lipinski definition) is 2. The Balaban J connectivity index is 2.38. The maximum Gasteiger partial charge on any atom is 0.335 e. The molecule has 0 spiro atoms. The molecule has 1 unspecified atom stereocenters. The number of carboxylic acid groups (broad SMARTS) is 1. The van der Waals surface area contributed by atoms with Gasteiger partial charge in [-0.15, -0.1) is 0 Å². The van der Waals surface area contributed by atoms with Crippen molar-refractivity contribution in [3.63, 3.8) is 0 Å². The first-order valence-corrected chi connectivity index (χ1v) is 6.56. The number of nitrogens with two attached hydrogens (primary N) is 1. The van der Waals surface area contributed by atoms with Crippen molar-refractivity contribution >= 4 is 5.97 Å². The van der Waals surface area contributed by atoms with E-state index >= 15 is 0 Å². The van der Waals surface area contributed by atoms with Gasteiger partial charge in [0.25, 0.3) is 0 Å². The third kappa shape index (κ3) is 2.73. The van der Waals surface area contributed by atoms with Crippen LogP contribution in [-0.4, -0.2) is 11.1 Å². The molecule has 0 aliphatic heterocycles. The minimum absolute atomic E-state index is 0.239. The molecule has 0 radical (unpaired) electrons. The van der Waals surface area contributed by atoms with Crippen LogP contribution in [0.3, 0.4) is 0 Å². The summed E-state index contributed by atoms with van der Waals surface area (Å²) in [5.74, 6) is -0.924. The number of aryl methyl sites for hydroxylation is 3. The zero-order chi connectivity index (χ0) is 14.9. The van der Waals surface area contributed by atoms with E-state index in [4.69, 9.17) is 10.8 Å². The number of carbonyl (C=O) groups is 1. The fourth-order valence-corrected chi connectivity index (χ4v) is 2.33. The summed E-state index contributed by atoms with van der Waals surface area (Å²) in [5.41, 5.74) is 12.2. The maximum absolute atomic E-state index is 10.9. The summed E-state index contributed by atoms with van der Waals surface area (Å²) in [5, 5.41) is 8.91. The van der Waals surface area contributed by atoms with Crippen LogP contribution in [0.2, 0.25) is 0 Å². The van der Waals surface area contributed by atoms with Gasteiger partial charge in [0.05, 0.1) is 11.6 Å². The Kier molecular flexibility index (Phi) is 3.91. The lowest BCUT2D eigenvalue weighted by molar-refractivity contribution is 0.0697. The number of benzene rings is 2. The van der Waals surface area contributed by atoms with E-state index in [1.54, 1.807) is 24.3 Å². The van der Waals surface area contributed by atoms with Crippen molar-refractivity contribution in [1.29, 1.82) is 0 Å². The second-order valence-electron chi connectivity index (χ2n) is 5.20. The van der Waals surface area contributed by atoms with Crippen LogP contribution in [0.15, 0.2) is 36.4 Å². The predicted molar refractivity (Wildman–Crippen MR) is 80.1 cm³/mol. The van der Waals surface area contributed by atoms with Crippen LogP contribution in [-0.2, 0) is 0 Å². The van der Waals surface area contributed by atoms with Crippen molar-refractivity contribution in [2.24, 2.45) is 5.73 Å². The SMILES string of the molecule is Cc1cc(C)c(C(N)c2ccc(C(=O)O)cc2)cc1C. The van der Waals surface area contributed by atoms with Crippen molar-refractivity contribution in [2.45, 2.75) is 26.8 Å². The van der Waals surface area contributed by atoms with Crippen molar-refractivity contribution in [3.8, 4) is 0 Å². The topological polar surface area (TPSA) is 63.3 Å². The normalized spacial score (nSPS) is 12.2. The Hall–Kier alpha value is -2.13. The number of carboxylic acids is 1. The summed E-state index contributed by atoms with van der Waals surface area (Å²) in [6, 6.07) is 10.8. The highest BCUT2D eigenvalue weighted by Gasteiger charge is 2.13. The van der Waals surface area contributed by atoms with Crippen molar-refractivity contribution < 1.29 is 9.90 Å². The molecule has 104 valence electrons. The highest BCUT2D eigenvalue weighted by atomic mass is 16.4. The average molecular weight is 269 g/mol. The molecule has 0 saturated heterocycles. The van der Waals surface area contributed by atoms with E-state index in [-0.39, 0.29) is 11.6 Å². The molecule has 0 aromatic heterocycles. The fraction of sp³-hybridized carbons (Fsp3) is 0.235. The van der Waals surface area contributed by atoms with Gasteiger partial charge in [0.1, 0.15) is 0 Å². The third-order valence-corrected chi connectivity index (χ3v) is 3.73. The number of hydrogen-bond donors (Lipinski definition) is 2. The Labute approximate surface area is 119 Å². The molecule has 0 bridgehead atoms. The molecule has 2 aromatic rings. The molecule has 3 N–H and O–H groups in total. The summed E-state index contributed by atoms with van der Waals surface area (Å²) in [6.07, 6.45) is 0. The van der Waals surface area contributed by atoms with Gasteiger partial charge >= 0.3 is 5.97 Å². The average Bonchev–Trinajstić information content (AvgIpc) is 2.42. The lowest BCUT2D eigenvalue weighted by Gasteiger charge is -2.17. The lowest BCUT2D eigenvalue weighted by atomic mass is 9.92. The second kappa shape index (κ2) is 5.47. The molecule has 0 heterocycles. The van der Waals surface area contributed by atoms with E-state index in [1.807, 2.05) is 6.92 Å². The zero-order valence-electron chi connectivity index (χ0n) is 12.0. The first-order chi connectivity index (χ1) is 9.40. The highest BCUT2D eigenvalue weighted by Crippen LogP contribution is 2.25. The van der Waals surface area contributed by atoms with Crippen molar-refractivity contribution in [1.82, 2.24) is 0 Å². The lowest BCUT2D eigenvalue weighted by Crippen LogP contribution is -2.14. The van der Waals surface area contributed by atoms with Crippen LogP contribution in [0.5, 0.6) is 0 Å². The predicted octanol–water partition coefficient (Wildman–Crippen LogP) is 3.36. The van der Waals surface area contributed by atoms with E-state index in [0.29, 0.717) is 0 Å². The monoisotopic (exact) mass is 269 g/mol. The van der Waals surface area contributed by atoms with Gasteiger partial charge in [0, 0.05) is 0 Å². The summed E-state index contributed by atoms with van der Waals surface area (Å²) < 4.78 is 0. The molecule has 0 aliphatic carbocycles. The van der Waals surface area contributed by atoms with E-state index in [2.05, 4.69) is 26.0 Å². The van der Waals surface area contributed by atoms with Crippen LogP contribution in [0.1, 0.15) is 44.2 Å². The zero-order valence-corrected chi connectivity index (χ0v) is 12.0. The van der Waals surface area contributed by atoms with E-state index in [9.17, 15) is 4.79 Å². The standard InChI is InChI=1S/C17H19NO2/c1-10-8-12(3)15(9-11(10)2)16(18)13-4-6-14(7-5-13)17(19)20/h4-9,16H,18H2,1-3H3,(H,19,20). The van der Waals surface area contributed by atoms with Crippen LogP contribution in [0, 0.1) is 20.8 Å². The van der Waals surface area contributed by atoms with Crippen LogP contribution in [0.25, 0.3) is 0 Å². The van der Waals surface area contributed by atoms with E-state index in [1.165, 1.54) is 11.1 Å². The molecular formula is C17H19NO2. The molecule has 2 rings (SSSR count). The second-order valence-corrected chi connectivity index (χ2v) is 5.20. The van der Waals surface area contributed by atoms with E-state index in [0.717, 1.165) is 16.7 Å². The van der Waals surface area contributed by atoms with Crippen molar-refractivity contribution in [3.05, 3.63) is 69.8 Å². The van der Waals surface area contributed by atoms with Crippen LogP contribution >= 0.6 is 0 Å². The van der Waals surface area contributed by atoms with Crippen LogP contribution < -0.4 is 5.73 Å². The third-order valence-electron chi connectivity index (χ3n) is 3.73. The van der Waals surface area contributed by atoms with Gasteiger partial charge < -0.3 is 10.8 Å². The molecule has 1 atom stereocenters. The van der Waals surface area contributed by atoms with Crippen molar-refractivity contribution in [2.75, 3.05) is 0 Å². The number of aromatic carboxylic acids is 1. The molecule has 0 fully saturated rings. The summed E-state index contributed by atoms with van der Waals surface area (Å²) in [4.78, 5) is 10.9. The molecule has 0 saturated carbocycles. The first-order valence-electron chi connectivity index (χ1n) is 6.56. The first kappa shape index (κ1) is 14.3. The van der Waals surface area contributed by atoms with Gasteiger partial charge in [-0.25, -0.2) is 4.79 Å². The van der Waals surface area contributed by atoms with Gasteiger partial charge in [0.2, 0.25) is 0 Å². The van der Waals surface area contributed by atoms with Gasteiger partial charge in [-0.2, -0.15) is 0 Å². The molecule has 2 aromatic carbocycles. The smallest absolute Gasteiger partial charge is 0.335 e. The molecule has 3 nitrogen and oxygen atoms in total. The largest absolute Gasteiger partial charge is 0.478 e. The Morgan fingerprint density at radius 1 is 1.00 bits per heavy atom. The molecule has 0 amide bonds. The van der Waals surface area contributed by atoms with Gasteiger partial charge in [0.15, 0.2) is 0 Å². The summed E-state index contributed by atoms with van der Waals surface area (Å²) in [6.45, 7) is 6.20. The maximum atomic E-state index is 10.9. The van der Waals surface area contributed by atoms with E-state index < -0.39 is 5.97 Å². The number of rotatable bonds is 3. The molecular weight excluding hydrogens is 250 g/mol. The Bertz CT molecular complexity index is 645. The van der Waals surface area contributed by atoms with Gasteiger partial charge in [-0.1, -0.05) is 24.3 Å². The van der Waals surface area contributed by atoms with Gasteiger partial charge in [-0.3, -0.25) is 0 Å². The summed E-state index contributed by atoms with van der Waals surface area (Å²) in [7, 11) is 0. The highest BCUT2D eigenvalue weighted by molar-refractivity contribution is 5.87. The quantitative estimate of drug-likeness (QED) is 0.898. The molecule has 20 heavy (non-hydrogen) atoms. The summed E-state index contributed by atoms with van der Waals surface area (Å²) >= 11 is 0. The Morgan fingerprint density at radius 3 is 2.10 bits per heavy atom.